The maximum atomic E-state index is 12.5. The molecule has 0 radical (unpaired) electrons. The molecule has 2 saturated heterocycles. The number of rotatable bonds is 5. The van der Waals surface area contributed by atoms with Crippen LogP contribution in [0.1, 0.15) is 86.3 Å². The van der Waals surface area contributed by atoms with Crippen LogP contribution in [0, 0.1) is 13.8 Å². The van der Waals surface area contributed by atoms with E-state index in [0.717, 1.165) is 39.8 Å². The fraction of sp³-hybridized carbons (Fsp3) is 0.564. The molecule has 4 N–H and O–H groups in total. The van der Waals surface area contributed by atoms with Crippen molar-refractivity contribution in [1.29, 1.82) is 0 Å². The fourth-order valence-corrected chi connectivity index (χ4v) is 5.97. The van der Waals surface area contributed by atoms with E-state index in [1.807, 2.05) is 82.8 Å². The van der Waals surface area contributed by atoms with Gasteiger partial charge in [0.2, 0.25) is 0 Å². The number of aryl methyl sites for hydroxylation is 2. The highest BCUT2D eigenvalue weighted by molar-refractivity contribution is 6.63. The van der Waals surface area contributed by atoms with Crippen LogP contribution in [0.5, 0.6) is 0 Å². The number of amides is 2. The number of urea groups is 1. The van der Waals surface area contributed by atoms with Gasteiger partial charge in [-0.3, -0.25) is 0 Å². The summed E-state index contributed by atoms with van der Waals surface area (Å²) in [4.78, 5) is 14.3. The summed E-state index contributed by atoms with van der Waals surface area (Å²) in [5.41, 5.74) is 11.9. The summed E-state index contributed by atoms with van der Waals surface area (Å²) in [5.74, 6) is 0. The van der Waals surface area contributed by atoms with Gasteiger partial charge in [0.1, 0.15) is 0 Å². The second kappa shape index (κ2) is 17.4. The minimum absolute atomic E-state index is 0. The van der Waals surface area contributed by atoms with E-state index in [2.05, 4.69) is 51.3 Å². The van der Waals surface area contributed by atoms with Gasteiger partial charge in [-0.25, -0.2) is 4.79 Å². The Morgan fingerprint density at radius 3 is 1.78 bits per heavy atom. The van der Waals surface area contributed by atoms with Crippen LogP contribution in [0.25, 0.3) is 0 Å². The van der Waals surface area contributed by atoms with Gasteiger partial charge >= 0.3 is 26.4 Å². The summed E-state index contributed by atoms with van der Waals surface area (Å²) in [6, 6.07) is 11.6. The smallest absolute Gasteiger partial charge is 0.399 e. The number of carbonyl (C=O) groups excluding carboxylic acids is 1. The topological polar surface area (TPSA) is 107 Å². The van der Waals surface area contributed by atoms with E-state index in [4.69, 9.17) is 24.4 Å². The second-order valence-corrected chi connectivity index (χ2v) is 16.2. The van der Waals surface area contributed by atoms with Crippen molar-refractivity contribution in [2.45, 2.75) is 118 Å². The van der Waals surface area contributed by atoms with Gasteiger partial charge in [0.15, 0.2) is 0 Å². The summed E-state index contributed by atoms with van der Waals surface area (Å²) in [6.45, 7) is 24.9. The van der Waals surface area contributed by atoms with Crippen LogP contribution in [0.15, 0.2) is 59.7 Å². The van der Waals surface area contributed by atoms with Crippen LogP contribution < -0.4 is 27.3 Å². The van der Waals surface area contributed by atoms with Crippen molar-refractivity contribution >= 4 is 55.0 Å². The predicted molar refractivity (Wildman–Crippen MR) is 216 cm³/mol. The van der Waals surface area contributed by atoms with E-state index in [0.29, 0.717) is 31.8 Å². The molecule has 0 atom stereocenters. The largest absolute Gasteiger partial charge is 0.495 e. The van der Waals surface area contributed by atoms with Gasteiger partial charge in [-0.15, -0.1) is 12.4 Å². The molecule has 2 fully saturated rings. The number of benzene rings is 2. The highest BCUT2D eigenvalue weighted by Gasteiger charge is 2.53. The highest BCUT2D eigenvalue weighted by Crippen LogP contribution is 2.38. The van der Waals surface area contributed by atoms with Gasteiger partial charge in [-0.2, -0.15) is 13.2 Å². The number of alkyl halides is 3. The van der Waals surface area contributed by atoms with E-state index >= 15 is 0 Å². The van der Waals surface area contributed by atoms with E-state index < -0.39 is 19.7 Å². The highest BCUT2D eigenvalue weighted by atomic mass is 35.5. The lowest BCUT2D eigenvalue weighted by atomic mass is 9.76. The number of nitrogen functional groups attached to an aromatic ring is 1. The zero-order chi connectivity index (χ0) is 39.6. The molecule has 2 aromatic carbocycles. The van der Waals surface area contributed by atoms with Crippen molar-refractivity contribution in [3.63, 3.8) is 0 Å². The van der Waals surface area contributed by atoms with Crippen molar-refractivity contribution in [3.8, 4) is 0 Å². The lowest BCUT2D eigenvalue weighted by Crippen LogP contribution is -2.41. The molecule has 0 aromatic heterocycles. The number of nitrogens with two attached hydrogens (primary N) is 1. The van der Waals surface area contributed by atoms with Crippen molar-refractivity contribution in [3.05, 3.63) is 70.8 Å². The summed E-state index contributed by atoms with van der Waals surface area (Å²) in [7, 11) is -0.763. The SMILES string of the molecule is CCC1=CCN(C(=O)Nc2ccc(C)c(B3OC(C)(C)C(C)(C)O3)c2)C1.Cc1ccc(N)cc1B1OC(C)(C)C(C)(C)O1.Cl.FC(F)(F)CC1=CCNC1. The minimum Gasteiger partial charge on any atom is -0.399 e. The zero-order valence-electron chi connectivity index (χ0n) is 33.6. The van der Waals surface area contributed by atoms with Crippen LogP contribution in [0.3, 0.4) is 0 Å². The molecular weight excluding hydrogens is 719 g/mol. The van der Waals surface area contributed by atoms with Gasteiger partial charge in [-0.1, -0.05) is 53.5 Å². The monoisotopic (exact) mass is 776 g/mol. The standard InChI is InChI=1S/C20H29BN2O3.C13H20BNO2.C6H8F3N.ClH/c1-7-15-10-11-23(13-15)18(24)22-16-9-8-14(2)17(12-16)21-25-19(3,4)20(5,6)26-21;1-9-6-7-10(15)8-11(9)14-16-12(2,3)13(4,5)17-14;7-6(8,9)3-5-1-2-10-4-5;/h8-10,12H,7,11,13H2,1-6H3,(H,22,24);6-8H,15H2,1-5H3;1,10H,2-4H2;1H. The molecule has 15 heteroatoms. The minimum atomic E-state index is -4.04. The van der Waals surface area contributed by atoms with Crippen molar-refractivity contribution in [1.82, 2.24) is 10.2 Å². The molecule has 54 heavy (non-hydrogen) atoms. The maximum Gasteiger partial charge on any atom is 0.495 e. The Hall–Kier alpha value is -3.00. The molecule has 4 heterocycles. The van der Waals surface area contributed by atoms with Crippen LogP contribution in [0.2, 0.25) is 0 Å². The molecule has 6 rings (SSSR count). The number of nitrogens with one attached hydrogen (secondary N) is 2. The molecule has 9 nitrogen and oxygen atoms in total. The van der Waals surface area contributed by atoms with Gasteiger partial charge in [0.25, 0.3) is 0 Å². The van der Waals surface area contributed by atoms with Crippen molar-refractivity contribution in [2.24, 2.45) is 0 Å². The molecule has 0 bridgehead atoms. The third-order valence-corrected chi connectivity index (χ3v) is 10.9. The molecule has 0 saturated carbocycles. The molecule has 298 valence electrons. The average molecular weight is 777 g/mol. The van der Waals surface area contributed by atoms with E-state index in [1.54, 1.807) is 6.08 Å². The molecule has 0 unspecified atom stereocenters. The number of nitrogens with zero attached hydrogens (tertiary/aromatic N) is 1. The molecule has 4 aliphatic rings. The summed E-state index contributed by atoms with van der Waals surface area (Å²) >= 11 is 0. The van der Waals surface area contributed by atoms with Gasteiger partial charge in [-0.05, 0) is 111 Å². The van der Waals surface area contributed by atoms with Gasteiger partial charge in [0, 0.05) is 37.6 Å². The number of carbonyl (C=O) groups is 1. The lowest BCUT2D eigenvalue weighted by Gasteiger charge is -2.32. The van der Waals surface area contributed by atoms with E-state index in [1.165, 1.54) is 5.57 Å². The van der Waals surface area contributed by atoms with Gasteiger partial charge in [0.05, 0.1) is 28.8 Å². The number of hydrogen-bond acceptors (Lipinski definition) is 7. The Labute approximate surface area is 326 Å². The third kappa shape index (κ3) is 11.3. The molecule has 2 aromatic rings. The summed E-state index contributed by atoms with van der Waals surface area (Å²) in [6.07, 6.45) is -0.101. The Morgan fingerprint density at radius 1 is 0.833 bits per heavy atom. The molecule has 0 aliphatic carbocycles. The quantitative estimate of drug-likeness (QED) is 0.167. The third-order valence-electron chi connectivity index (χ3n) is 10.9. The number of hydrogen-bond donors (Lipinski definition) is 3. The predicted octanol–water partition coefficient (Wildman–Crippen LogP) is 7.24. The second-order valence-electron chi connectivity index (χ2n) is 16.2. The van der Waals surface area contributed by atoms with Gasteiger partial charge < -0.3 is 39.9 Å². The maximum absolute atomic E-state index is 12.5. The molecule has 4 aliphatic heterocycles. The first-order chi connectivity index (χ1) is 24.4. The summed E-state index contributed by atoms with van der Waals surface area (Å²) < 4.78 is 59.3. The number of anilines is 2. The van der Waals surface area contributed by atoms with E-state index in [9.17, 15) is 18.0 Å². The Balaban J connectivity index is 0.000000240. The van der Waals surface area contributed by atoms with Crippen LogP contribution in [-0.4, -0.2) is 79.9 Å². The van der Waals surface area contributed by atoms with Crippen LogP contribution >= 0.6 is 12.4 Å². The van der Waals surface area contributed by atoms with Crippen molar-refractivity contribution < 1.29 is 36.6 Å². The average Bonchev–Trinajstić information content (AvgIpc) is 3.81. The zero-order valence-corrected chi connectivity index (χ0v) is 34.4. The molecule has 2 amide bonds. The Bertz CT molecular complexity index is 1670. The number of halogens is 4. The Morgan fingerprint density at radius 2 is 1.33 bits per heavy atom. The molecule has 0 spiro atoms. The van der Waals surface area contributed by atoms with Crippen LogP contribution in [-0.2, 0) is 18.6 Å². The molecular formula is C39H58B2ClF3N4O5. The van der Waals surface area contributed by atoms with Crippen molar-refractivity contribution in [2.75, 3.05) is 37.2 Å². The van der Waals surface area contributed by atoms with Crippen LogP contribution in [0.4, 0.5) is 29.3 Å². The summed E-state index contributed by atoms with van der Waals surface area (Å²) in [5, 5.41) is 5.81. The normalized spacial score (nSPS) is 20.6. The first kappa shape index (κ1) is 45.4. The van der Waals surface area contributed by atoms with E-state index in [-0.39, 0.29) is 48.0 Å². The first-order valence-corrected chi connectivity index (χ1v) is 18.3. The Kier molecular flexibility index (Phi) is 14.6. The lowest BCUT2D eigenvalue weighted by molar-refractivity contribution is -0.127. The first-order valence-electron chi connectivity index (χ1n) is 18.3. The fourth-order valence-electron chi connectivity index (χ4n) is 5.97.